The molecule has 4 nitrogen and oxygen atoms in total. The summed E-state index contributed by atoms with van der Waals surface area (Å²) >= 11 is 3.50. The summed E-state index contributed by atoms with van der Waals surface area (Å²) in [6.07, 6.45) is 1.53. The van der Waals surface area contributed by atoms with Crippen molar-refractivity contribution in [2.45, 2.75) is 39.3 Å². The zero-order chi connectivity index (χ0) is 15.0. The predicted molar refractivity (Wildman–Crippen MR) is 84.5 cm³/mol. The zero-order valence-electron chi connectivity index (χ0n) is 12.4. The third kappa shape index (κ3) is 5.31. The molecule has 0 spiro atoms. The Balaban J connectivity index is 2.65. The molecule has 20 heavy (non-hydrogen) atoms. The molecule has 0 saturated carbocycles. The number of aliphatic hydroxyl groups is 1. The Bertz CT molecular complexity index is 412. The summed E-state index contributed by atoms with van der Waals surface area (Å²) in [5, 5.41) is 12.9. The van der Waals surface area contributed by atoms with Crippen molar-refractivity contribution in [1.82, 2.24) is 5.32 Å². The first-order valence-corrected chi connectivity index (χ1v) is 7.79. The number of ether oxygens (including phenoxy) is 2. The van der Waals surface area contributed by atoms with Gasteiger partial charge in [-0.3, -0.25) is 0 Å². The van der Waals surface area contributed by atoms with Crippen LogP contribution in [0.5, 0.6) is 11.5 Å². The lowest BCUT2D eigenvalue weighted by Crippen LogP contribution is -2.26. The van der Waals surface area contributed by atoms with Crippen LogP contribution in [0, 0.1) is 0 Å². The summed E-state index contributed by atoms with van der Waals surface area (Å²) in [7, 11) is 1.63. The van der Waals surface area contributed by atoms with Crippen molar-refractivity contribution < 1.29 is 14.6 Å². The average molecular weight is 346 g/mol. The Morgan fingerprint density at radius 2 is 2.10 bits per heavy atom. The summed E-state index contributed by atoms with van der Waals surface area (Å²) in [5.41, 5.74) is 1.08. The molecule has 0 bridgehead atoms. The second kappa shape index (κ2) is 9.21. The fraction of sp³-hybridized carbons (Fsp3) is 0.600. The largest absolute Gasteiger partial charge is 0.493 e. The van der Waals surface area contributed by atoms with E-state index in [9.17, 15) is 5.11 Å². The Hall–Kier alpha value is -0.780. The lowest BCUT2D eigenvalue weighted by molar-refractivity contribution is 0.160. The van der Waals surface area contributed by atoms with E-state index in [1.165, 1.54) is 0 Å². The molecule has 1 rings (SSSR count). The van der Waals surface area contributed by atoms with Crippen molar-refractivity contribution in [2.24, 2.45) is 0 Å². The third-order valence-electron chi connectivity index (χ3n) is 2.91. The smallest absolute Gasteiger partial charge is 0.175 e. The van der Waals surface area contributed by atoms with E-state index in [1.807, 2.05) is 19.1 Å². The highest BCUT2D eigenvalue weighted by molar-refractivity contribution is 9.10. The lowest BCUT2D eigenvalue weighted by atomic mass is 10.2. The van der Waals surface area contributed by atoms with E-state index < -0.39 is 0 Å². The highest BCUT2D eigenvalue weighted by Gasteiger charge is 2.11. The first-order valence-electron chi connectivity index (χ1n) is 7.00. The van der Waals surface area contributed by atoms with Crippen LogP contribution >= 0.6 is 15.9 Å². The van der Waals surface area contributed by atoms with Crippen LogP contribution in [0.25, 0.3) is 0 Å². The molecule has 1 atom stereocenters. The maximum atomic E-state index is 9.68. The van der Waals surface area contributed by atoms with Crippen LogP contribution in [0.15, 0.2) is 16.6 Å². The Kier molecular flexibility index (Phi) is 7.95. The molecule has 0 aliphatic heterocycles. The second-order valence-corrected chi connectivity index (χ2v) is 5.47. The van der Waals surface area contributed by atoms with Gasteiger partial charge in [-0.15, -0.1) is 0 Å². The van der Waals surface area contributed by atoms with Crippen molar-refractivity contribution in [2.75, 3.05) is 20.3 Å². The summed E-state index contributed by atoms with van der Waals surface area (Å²) in [5.74, 6) is 1.44. The number of hydrogen-bond donors (Lipinski definition) is 2. The molecule has 1 unspecified atom stereocenters. The molecule has 5 heteroatoms. The summed E-state index contributed by atoms with van der Waals surface area (Å²) < 4.78 is 11.8. The number of aliphatic hydroxyl groups excluding tert-OH is 1. The monoisotopic (exact) mass is 345 g/mol. The van der Waals surface area contributed by atoms with Gasteiger partial charge in [-0.05, 0) is 47.0 Å². The molecule has 114 valence electrons. The van der Waals surface area contributed by atoms with Gasteiger partial charge in [-0.2, -0.15) is 0 Å². The van der Waals surface area contributed by atoms with Gasteiger partial charge in [0, 0.05) is 13.1 Å². The number of rotatable bonds is 9. The molecule has 0 fully saturated rings. The molecule has 1 aromatic rings. The first-order chi connectivity index (χ1) is 9.62. The van der Waals surface area contributed by atoms with Gasteiger partial charge in [0.25, 0.3) is 0 Å². The molecular weight excluding hydrogens is 322 g/mol. The summed E-state index contributed by atoms with van der Waals surface area (Å²) in [6.45, 7) is 5.88. The highest BCUT2D eigenvalue weighted by Crippen LogP contribution is 2.36. The maximum absolute atomic E-state index is 9.68. The molecule has 0 aliphatic carbocycles. The Labute approximate surface area is 129 Å². The Morgan fingerprint density at radius 3 is 2.70 bits per heavy atom. The second-order valence-electron chi connectivity index (χ2n) is 4.62. The number of halogens is 1. The van der Waals surface area contributed by atoms with E-state index in [2.05, 4.69) is 28.2 Å². The van der Waals surface area contributed by atoms with E-state index in [4.69, 9.17) is 9.47 Å². The molecule has 0 saturated heterocycles. The van der Waals surface area contributed by atoms with Crippen molar-refractivity contribution in [3.05, 3.63) is 22.2 Å². The van der Waals surface area contributed by atoms with Gasteiger partial charge in [0.2, 0.25) is 0 Å². The molecule has 2 N–H and O–H groups in total. The minimum Gasteiger partial charge on any atom is -0.493 e. The molecule has 1 aromatic carbocycles. The van der Waals surface area contributed by atoms with Crippen LogP contribution < -0.4 is 14.8 Å². The van der Waals surface area contributed by atoms with Crippen LogP contribution in [0.1, 0.15) is 32.3 Å². The van der Waals surface area contributed by atoms with E-state index >= 15 is 0 Å². The number of methoxy groups -OCH3 is 1. The minimum absolute atomic E-state index is 0.284. The van der Waals surface area contributed by atoms with E-state index in [0.29, 0.717) is 25.4 Å². The lowest BCUT2D eigenvalue weighted by Gasteiger charge is -2.14. The van der Waals surface area contributed by atoms with Gasteiger partial charge in [0.05, 0.1) is 24.3 Å². The number of benzene rings is 1. The molecule has 0 aromatic heterocycles. The van der Waals surface area contributed by atoms with Gasteiger partial charge < -0.3 is 19.9 Å². The number of hydrogen-bond acceptors (Lipinski definition) is 4. The van der Waals surface area contributed by atoms with Crippen LogP contribution in [0.4, 0.5) is 0 Å². The molecule has 0 heterocycles. The zero-order valence-corrected chi connectivity index (χ0v) is 14.0. The van der Waals surface area contributed by atoms with Crippen LogP contribution in [0.2, 0.25) is 0 Å². The standard InChI is InChI=1S/C15H24BrNO3/c1-4-6-12(18)10-17-9-11-7-13(16)15(20-5-2)14(8-11)19-3/h7-8,12,17-18H,4-6,9-10H2,1-3H3. The fourth-order valence-electron chi connectivity index (χ4n) is 1.98. The molecule has 0 radical (unpaired) electrons. The molecule has 0 aliphatic rings. The quantitative estimate of drug-likeness (QED) is 0.721. The topological polar surface area (TPSA) is 50.7 Å². The molecule has 0 amide bonds. The van der Waals surface area contributed by atoms with Gasteiger partial charge in [-0.25, -0.2) is 0 Å². The first kappa shape index (κ1) is 17.3. The van der Waals surface area contributed by atoms with E-state index in [1.54, 1.807) is 7.11 Å². The summed E-state index contributed by atoms with van der Waals surface area (Å²) in [4.78, 5) is 0. The van der Waals surface area contributed by atoms with Crippen LogP contribution in [-0.4, -0.2) is 31.5 Å². The third-order valence-corrected chi connectivity index (χ3v) is 3.50. The highest BCUT2D eigenvalue weighted by atomic mass is 79.9. The van der Waals surface area contributed by atoms with Crippen molar-refractivity contribution in [3.63, 3.8) is 0 Å². The molecular formula is C15H24BrNO3. The van der Waals surface area contributed by atoms with E-state index in [0.717, 1.165) is 28.6 Å². The van der Waals surface area contributed by atoms with Crippen molar-refractivity contribution in [1.29, 1.82) is 0 Å². The fourth-order valence-corrected chi connectivity index (χ4v) is 2.58. The van der Waals surface area contributed by atoms with Crippen molar-refractivity contribution >= 4 is 15.9 Å². The van der Waals surface area contributed by atoms with Gasteiger partial charge in [0.1, 0.15) is 0 Å². The summed E-state index contributed by atoms with van der Waals surface area (Å²) in [6, 6.07) is 3.96. The maximum Gasteiger partial charge on any atom is 0.175 e. The normalized spacial score (nSPS) is 12.2. The average Bonchev–Trinajstić information content (AvgIpc) is 2.41. The Morgan fingerprint density at radius 1 is 1.35 bits per heavy atom. The van der Waals surface area contributed by atoms with Gasteiger partial charge >= 0.3 is 0 Å². The van der Waals surface area contributed by atoms with Gasteiger partial charge in [-0.1, -0.05) is 13.3 Å². The predicted octanol–water partition coefficient (Wildman–Crippen LogP) is 3.11. The van der Waals surface area contributed by atoms with Crippen LogP contribution in [-0.2, 0) is 6.54 Å². The minimum atomic E-state index is -0.284. The SMILES string of the molecule is CCCC(O)CNCc1cc(Br)c(OCC)c(OC)c1. The van der Waals surface area contributed by atoms with Gasteiger partial charge in [0.15, 0.2) is 11.5 Å². The van der Waals surface area contributed by atoms with Crippen molar-refractivity contribution in [3.8, 4) is 11.5 Å². The number of nitrogens with one attached hydrogen (secondary N) is 1. The van der Waals surface area contributed by atoms with Crippen LogP contribution in [0.3, 0.4) is 0 Å². The van der Waals surface area contributed by atoms with E-state index in [-0.39, 0.29) is 6.10 Å².